The average Bonchev–Trinajstić information content (AvgIpc) is 2.33. The van der Waals surface area contributed by atoms with Gasteiger partial charge in [0, 0.05) is 21.5 Å². The Morgan fingerprint density at radius 2 is 1.85 bits per heavy atom. The van der Waals surface area contributed by atoms with Gasteiger partial charge >= 0.3 is 0 Å². The molecule has 0 saturated carbocycles. The molecular weight excluding hydrogens is 366 g/mol. The van der Waals surface area contributed by atoms with Gasteiger partial charge in [0.25, 0.3) is 0 Å². The molecule has 1 nitrogen and oxygen atoms in total. The van der Waals surface area contributed by atoms with Crippen molar-refractivity contribution in [3.05, 3.63) is 67.9 Å². The molecule has 0 aliphatic heterocycles. The van der Waals surface area contributed by atoms with E-state index < -0.39 is 11.4 Å². The van der Waals surface area contributed by atoms with Gasteiger partial charge in [0.05, 0.1) is 10.6 Å². The standard InChI is InChI=1S/C15H12BrCl2FO/c1-15(20,11-4-3-10(16)7-12(11)17)8-9-2-5-14(19)13(18)6-9/h2-7,20H,8H2,1H3. The van der Waals surface area contributed by atoms with Crippen LogP contribution < -0.4 is 0 Å². The first-order valence-corrected chi connectivity index (χ1v) is 7.46. The van der Waals surface area contributed by atoms with E-state index in [4.69, 9.17) is 23.2 Å². The maximum absolute atomic E-state index is 13.1. The molecule has 0 aliphatic carbocycles. The Morgan fingerprint density at radius 3 is 2.45 bits per heavy atom. The summed E-state index contributed by atoms with van der Waals surface area (Å²) in [5, 5.41) is 11.1. The van der Waals surface area contributed by atoms with Crippen LogP contribution in [0, 0.1) is 5.82 Å². The number of aliphatic hydroxyl groups is 1. The van der Waals surface area contributed by atoms with E-state index in [-0.39, 0.29) is 11.4 Å². The number of benzene rings is 2. The highest BCUT2D eigenvalue weighted by Gasteiger charge is 2.26. The van der Waals surface area contributed by atoms with Crippen LogP contribution in [0.25, 0.3) is 0 Å². The number of halogens is 4. The summed E-state index contributed by atoms with van der Waals surface area (Å²) in [7, 11) is 0. The maximum Gasteiger partial charge on any atom is 0.141 e. The Balaban J connectivity index is 2.32. The molecule has 0 spiro atoms. The third kappa shape index (κ3) is 3.53. The number of hydrogen-bond donors (Lipinski definition) is 1. The van der Waals surface area contributed by atoms with E-state index >= 15 is 0 Å². The summed E-state index contributed by atoms with van der Waals surface area (Å²) in [6, 6.07) is 9.70. The lowest BCUT2D eigenvalue weighted by atomic mass is 9.89. The third-order valence-corrected chi connectivity index (χ3v) is 4.14. The molecule has 0 fully saturated rings. The van der Waals surface area contributed by atoms with Crippen LogP contribution in [-0.2, 0) is 12.0 Å². The van der Waals surface area contributed by atoms with Crippen molar-refractivity contribution in [1.82, 2.24) is 0 Å². The lowest BCUT2D eigenvalue weighted by Gasteiger charge is -2.25. The Bertz CT molecular complexity index is 644. The van der Waals surface area contributed by atoms with Crippen LogP contribution in [0.4, 0.5) is 4.39 Å². The van der Waals surface area contributed by atoms with Crippen LogP contribution >= 0.6 is 39.1 Å². The van der Waals surface area contributed by atoms with Crippen molar-refractivity contribution >= 4 is 39.1 Å². The zero-order chi connectivity index (χ0) is 14.9. The van der Waals surface area contributed by atoms with Crippen molar-refractivity contribution in [3.63, 3.8) is 0 Å². The highest BCUT2D eigenvalue weighted by Crippen LogP contribution is 2.33. The van der Waals surface area contributed by atoms with Crippen LogP contribution in [-0.4, -0.2) is 5.11 Å². The summed E-state index contributed by atoms with van der Waals surface area (Å²) in [6.45, 7) is 1.67. The second kappa shape index (κ2) is 6.02. The van der Waals surface area contributed by atoms with E-state index in [1.54, 1.807) is 25.1 Å². The average molecular weight is 378 g/mol. The van der Waals surface area contributed by atoms with E-state index in [1.165, 1.54) is 12.1 Å². The molecule has 0 amide bonds. The molecule has 5 heteroatoms. The summed E-state index contributed by atoms with van der Waals surface area (Å²) in [5.41, 5.74) is 0.182. The fraction of sp³-hybridized carbons (Fsp3) is 0.200. The minimum atomic E-state index is -1.17. The van der Waals surface area contributed by atoms with Crippen LogP contribution in [0.5, 0.6) is 0 Å². The highest BCUT2D eigenvalue weighted by molar-refractivity contribution is 9.10. The molecular formula is C15H12BrCl2FO. The predicted molar refractivity (Wildman–Crippen MR) is 83.8 cm³/mol. The molecule has 2 aromatic carbocycles. The van der Waals surface area contributed by atoms with Gasteiger partial charge < -0.3 is 5.11 Å². The zero-order valence-electron chi connectivity index (χ0n) is 10.6. The molecule has 106 valence electrons. The minimum absolute atomic E-state index is 0.0419. The summed E-state index contributed by atoms with van der Waals surface area (Å²) in [6.07, 6.45) is 0.286. The van der Waals surface area contributed by atoms with E-state index in [1.807, 2.05) is 6.07 Å². The summed E-state index contributed by atoms with van der Waals surface area (Å²) in [5.74, 6) is -0.475. The maximum atomic E-state index is 13.1. The van der Waals surface area contributed by atoms with Crippen LogP contribution in [0.3, 0.4) is 0 Å². The van der Waals surface area contributed by atoms with E-state index in [9.17, 15) is 9.50 Å². The molecule has 0 aromatic heterocycles. The van der Waals surface area contributed by atoms with Crippen molar-refractivity contribution in [2.45, 2.75) is 18.9 Å². The first-order chi connectivity index (χ1) is 9.29. The van der Waals surface area contributed by atoms with Gasteiger partial charge in [0.2, 0.25) is 0 Å². The molecule has 0 bridgehead atoms. The Kier molecular flexibility index (Phi) is 4.75. The first kappa shape index (κ1) is 15.8. The van der Waals surface area contributed by atoms with Gasteiger partial charge in [-0.3, -0.25) is 0 Å². The Hall–Kier alpha value is -0.610. The SMILES string of the molecule is CC(O)(Cc1ccc(F)c(Cl)c1)c1ccc(Br)cc1Cl. The molecule has 1 atom stereocenters. The van der Waals surface area contributed by atoms with E-state index in [0.717, 1.165) is 10.0 Å². The van der Waals surface area contributed by atoms with Crippen LogP contribution in [0.1, 0.15) is 18.1 Å². The topological polar surface area (TPSA) is 20.2 Å². The van der Waals surface area contributed by atoms with Gasteiger partial charge in [-0.25, -0.2) is 4.39 Å². The molecule has 0 saturated heterocycles. The third-order valence-electron chi connectivity index (χ3n) is 3.04. The van der Waals surface area contributed by atoms with Gasteiger partial charge in [-0.1, -0.05) is 51.3 Å². The van der Waals surface area contributed by atoms with Crippen molar-refractivity contribution < 1.29 is 9.50 Å². The second-order valence-corrected chi connectivity index (χ2v) is 6.55. The fourth-order valence-corrected chi connectivity index (χ4v) is 3.15. The van der Waals surface area contributed by atoms with Gasteiger partial charge in [-0.2, -0.15) is 0 Å². The summed E-state index contributed by atoms with van der Waals surface area (Å²) >= 11 is 15.2. The van der Waals surface area contributed by atoms with Crippen molar-refractivity contribution in [2.24, 2.45) is 0 Å². The fourth-order valence-electron chi connectivity index (χ4n) is 2.07. The normalized spacial score (nSPS) is 14.1. The smallest absolute Gasteiger partial charge is 0.141 e. The minimum Gasteiger partial charge on any atom is -0.385 e. The molecule has 20 heavy (non-hydrogen) atoms. The van der Waals surface area contributed by atoms with E-state index in [2.05, 4.69) is 15.9 Å². The Labute approximate surface area is 135 Å². The van der Waals surface area contributed by atoms with E-state index in [0.29, 0.717) is 10.6 Å². The van der Waals surface area contributed by atoms with Crippen molar-refractivity contribution in [3.8, 4) is 0 Å². The zero-order valence-corrected chi connectivity index (χ0v) is 13.7. The summed E-state index contributed by atoms with van der Waals surface area (Å²) in [4.78, 5) is 0. The first-order valence-electron chi connectivity index (χ1n) is 5.91. The molecule has 0 heterocycles. The lowest BCUT2D eigenvalue weighted by Crippen LogP contribution is -2.24. The van der Waals surface area contributed by atoms with Crippen LogP contribution in [0.15, 0.2) is 40.9 Å². The predicted octanol–water partition coefficient (Wildman–Crippen LogP) is 5.35. The second-order valence-electron chi connectivity index (χ2n) is 4.82. The molecule has 2 aromatic rings. The van der Waals surface area contributed by atoms with Gasteiger partial charge in [0.15, 0.2) is 0 Å². The van der Waals surface area contributed by atoms with Gasteiger partial charge in [-0.15, -0.1) is 0 Å². The lowest BCUT2D eigenvalue weighted by molar-refractivity contribution is 0.0577. The number of hydrogen-bond acceptors (Lipinski definition) is 1. The Morgan fingerprint density at radius 1 is 1.15 bits per heavy atom. The molecule has 0 aliphatic rings. The number of rotatable bonds is 3. The van der Waals surface area contributed by atoms with Gasteiger partial charge in [0.1, 0.15) is 5.82 Å². The molecule has 0 radical (unpaired) electrons. The molecule has 1 unspecified atom stereocenters. The quantitative estimate of drug-likeness (QED) is 0.764. The summed E-state index contributed by atoms with van der Waals surface area (Å²) < 4.78 is 14.0. The van der Waals surface area contributed by atoms with Crippen molar-refractivity contribution in [2.75, 3.05) is 0 Å². The van der Waals surface area contributed by atoms with Crippen LogP contribution in [0.2, 0.25) is 10.0 Å². The largest absolute Gasteiger partial charge is 0.385 e. The molecule has 1 N–H and O–H groups in total. The molecule has 2 rings (SSSR count). The highest BCUT2D eigenvalue weighted by atomic mass is 79.9. The monoisotopic (exact) mass is 376 g/mol. The van der Waals surface area contributed by atoms with Gasteiger partial charge in [-0.05, 0) is 36.8 Å². The van der Waals surface area contributed by atoms with Crippen molar-refractivity contribution in [1.29, 1.82) is 0 Å².